The molecule has 0 spiro atoms. The second-order valence-electron chi connectivity index (χ2n) is 3.19. The molecule has 1 unspecified atom stereocenters. The van der Waals surface area contributed by atoms with E-state index >= 15 is 0 Å². The standard InChI is InChI=1S/C11H17N3/c1-4-6-7-11(12-5-2)10-8-13-14(3)9-10/h8-9,11-12H,5,7H2,1-3H3. The van der Waals surface area contributed by atoms with E-state index in [4.69, 9.17) is 0 Å². The first-order chi connectivity index (χ1) is 6.77. The zero-order valence-corrected chi connectivity index (χ0v) is 9.04. The Bertz CT molecular complexity index is 330. The van der Waals surface area contributed by atoms with Crippen molar-refractivity contribution >= 4 is 0 Å². The monoisotopic (exact) mass is 191 g/mol. The van der Waals surface area contributed by atoms with E-state index < -0.39 is 0 Å². The fraction of sp³-hybridized carbons (Fsp3) is 0.545. The van der Waals surface area contributed by atoms with Crippen LogP contribution in [0.3, 0.4) is 0 Å². The van der Waals surface area contributed by atoms with E-state index in [-0.39, 0.29) is 0 Å². The Kier molecular flexibility index (Phi) is 4.21. The molecule has 0 aliphatic rings. The molecule has 1 N–H and O–H groups in total. The molecule has 0 saturated heterocycles. The summed E-state index contributed by atoms with van der Waals surface area (Å²) in [4.78, 5) is 0. The lowest BCUT2D eigenvalue weighted by Crippen LogP contribution is -2.19. The van der Waals surface area contributed by atoms with E-state index in [9.17, 15) is 0 Å². The molecule has 0 aliphatic heterocycles. The molecular formula is C11H17N3. The maximum atomic E-state index is 4.16. The predicted octanol–water partition coefficient (Wildman–Crippen LogP) is 1.48. The molecule has 1 heterocycles. The van der Waals surface area contributed by atoms with Crippen molar-refractivity contribution in [2.24, 2.45) is 7.05 Å². The van der Waals surface area contributed by atoms with Gasteiger partial charge in [0.2, 0.25) is 0 Å². The maximum absolute atomic E-state index is 4.16. The lowest BCUT2D eigenvalue weighted by atomic mass is 10.1. The fourth-order valence-corrected chi connectivity index (χ4v) is 1.38. The molecule has 0 aliphatic carbocycles. The summed E-state index contributed by atoms with van der Waals surface area (Å²) in [6.45, 7) is 4.92. The van der Waals surface area contributed by atoms with Crippen molar-refractivity contribution in [1.82, 2.24) is 15.1 Å². The van der Waals surface area contributed by atoms with E-state index in [1.54, 1.807) is 0 Å². The quantitative estimate of drug-likeness (QED) is 0.731. The Labute approximate surface area is 85.5 Å². The molecule has 3 heteroatoms. The lowest BCUT2D eigenvalue weighted by Gasteiger charge is -2.12. The molecule has 0 radical (unpaired) electrons. The van der Waals surface area contributed by atoms with Crippen LogP contribution >= 0.6 is 0 Å². The normalized spacial score (nSPS) is 11.9. The summed E-state index contributed by atoms with van der Waals surface area (Å²) in [6.07, 6.45) is 4.77. The molecule has 0 aromatic carbocycles. The van der Waals surface area contributed by atoms with Gasteiger partial charge in [0, 0.05) is 31.3 Å². The summed E-state index contributed by atoms with van der Waals surface area (Å²) in [6, 6.07) is 0.307. The molecule has 0 fully saturated rings. The Balaban J connectivity index is 2.69. The van der Waals surface area contributed by atoms with Gasteiger partial charge in [0.15, 0.2) is 0 Å². The molecule has 1 atom stereocenters. The first-order valence-corrected chi connectivity index (χ1v) is 4.89. The highest BCUT2D eigenvalue weighted by molar-refractivity contribution is 5.14. The van der Waals surface area contributed by atoms with Gasteiger partial charge in [-0.15, -0.1) is 11.8 Å². The Morgan fingerprint density at radius 2 is 2.43 bits per heavy atom. The van der Waals surface area contributed by atoms with Crippen LogP contribution in [0.1, 0.15) is 31.9 Å². The summed E-state index contributed by atoms with van der Waals surface area (Å²) in [5.41, 5.74) is 1.21. The molecule has 0 saturated carbocycles. The minimum Gasteiger partial charge on any atom is -0.309 e. The lowest BCUT2D eigenvalue weighted by molar-refractivity contribution is 0.564. The Morgan fingerprint density at radius 1 is 1.64 bits per heavy atom. The van der Waals surface area contributed by atoms with Gasteiger partial charge in [0.25, 0.3) is 0 Å². The van der Waals surface area contributed by atoms with E-state index in [1.807, 2.05) is 31.0 Å². The van der Waals surface area contributed by atoms with Gasteiger partial charge < -0.3 is 5.32 Å². The van der Waals surface area contributed by atoms with Crippen LogP contribution in [0.4, 0.5) is 0 Å². The first-order valence-electron chi connectivity index (χ1n) is 4.89. The van der Waals surface area contributed by atoms with Gasteiger partial charge in [-0.05, 0) is 13.5 Å². The topological polar surface area (TPSA) is 29.9 Å². The van der Waals surface area contributed by atoms with E-state index in [0.717, 1.165) is 13.0 Å². The van der Waals surface area contributed by atoms with Gasteiger partial charge in [-0.3, -0.25) is 4.68 Å². The van der Waals surface area contributed by atoms with Crippen LogP contribution in [-0.2, 0) is 7.05 Å². The van der Waals surface area contributed by atoms with Crippen molar-refractivity contribution in [3.63, 3.8) is 0 Å². The van der Waals surface area contributed by atoms with Crippen molar-refractivity contribution in [3.05, 3.63) is 18.0 Å². The first kappa shape index (κ1) is 10.8. The summed E-state index contributed by atoms with van der Waals surface area (Å²) in [5, 5.41) is 7.55. The second-order valence-corrected chi connectivity index (χ2v) is 3.19. The van der Waals surface area contributed by atoms with Crippen LogP contribution < -0.4 is 5.32 Å². The Hall–Kier alpha value is -1.27. The predicted molar refractivity (Wildman–Crippen MR) is 57.7 cm³/mol. The zero-order valence-electron chi connectivity index (χ0n) is 9.04. The van der Waals surface area contributed by atoms with Crippen molar-refractivity contribution in [1.29, 1.82) is 0 Å². The highest BCUT2D eigenvalue weighted by atomic mass is 15.2. The number of hydrogen-bond donors (Lipinski definition) is 1. The van der Waals surface area contributed by atoms with Crippen molar-refractivity contribution in [2.45, 2.75) is 26.3 Å². The third-order valence-electron chi connectivity index (χ3n) is 2.06. The number of rotatable bonds is 4. The minimum absolute atomic E-state index is 0.307. The van der Waals surface area contributed by atoms with Crippen LogP contribution in [-0.4, -0.2) is 16.3 Å². The number of aryl methyl sites for hydroxylation is 1. The fourth-order valence-electron chi connectivity index (χ4n) is 1.38. The Morgan fingerprint density at radius 3 is 2.93 bits per heavy atom. The third-order valence-corrected chi connectivity index (χ3v) is 2.06. The molecule has 1 aromatic rings. The van der Waals surface area contributed by atoms with E-state index in [2.05, 4.69) is 29.2 Å². The van der Waals surface area contributed by atoms with Crippen molar-refractivity contribution in [2.75, 3.05) is 6.54 Å². The second kappa shape index (κ2) is 5.46. The average molecular weight is 191 g/mol. The van der Waals surface area contributed by atoms with Gasteiger partial charge in [-0.25, -0.2) is 0 Å². The molecule has 1 aromatic heterocycles. The summed E-state index contributed by atoms with van der Waals surface area (Å²) in [7, 11) is 1.93. The summed E-state index contributed by atoms with van der Waals surface area (Å²) in [5.74, 6) is 6.01. The minimum atomic E-state index is 0.307. The highest BCUT2D eigenvalue weighted by Crippen LogP contribution is 2.14. The van der Waals surface area contributed by atoms with Gasteiger partial charge >= 0.3 is 0 Å². The molecule has 76 valence electrons. The molecule has 1 rings (SSSR count). The number of aromatic nitrogens is 2. The summed E-state index contributed by atoms with van der Waals surface area (Å²) < 4.78 is 1.82. The number of hydrogen-bond acceptors (Lipinski definition) is 2. The molecular weight excluding hydrogens is 174 g/mol. The van der Waals surface area contributed by atoms with Gasteiger partial charge in [-0.2, -0.15) is 5.10 Å². The molecule has 0 bridgehead atoms. The van der Waals surface area contributed by atoms with Crippen LogP contribution in [0.25, 0.3) is 0 Å². The number of nitrogens with one attached hydrogen (secondary N) is 1. The van der Waals surface area contributed by atoms with E-state index in [0.29, 0.717) is 6.04 Å². The van der Waals surface area contributed by atoms with Crippen LogP contribution in [0.2, 0.25) is 0 Å². The van der Waals surface area contributed by atoms with Crippen molar-refractivity contribution < 1.29 is 0 Å². The maximum Gasteiger partial charge on any atom is 0.0537 e. The van der Waals surface area contributed by atoms with Crippen LogP contribution in [0.15, 0.2) is 12.4 Å². The van der Waals surface area contributed by atoms with Crippen LogP contribution in [0, 0.1) is 11.8 Å². The largest absolute Gasteiger partial charge is 0.309 e. The molecule has 14 heavy (non-hydrogen) atoms. The van der Waals surface area contributed by atoms with Gasteiger partial charge in [0.1, 0.15) is 0 Å². The number of nitrogens with zero attached hydrogens (tertiary/aromatic N) is 2. The van der Waals surface area contributed by atoms with Crippen molar-refractivity contribution in [3.8, 4) is 11.8 Å². The zero-order chi connectivity index (χ0) is 10.4. The van der Waals surface area contributed by atoms with E-state index in [1.165, 1.54) is 5.56 Å². The van der Waals surface area contributed by atoms with Crippen LogP contribution in [0.5, 0.6) is 0 Å². The summed E-state index contributed by atoms with van der Waals surface area (Å²) >= 11 is 0. The SMILES string of the molecule is CC#CCC(NCC)c1cnn(C)c1. The average Bonchev–Trinajstić information content (AvgIpc) is 2.59. The van der Waals surface area contributed by atoms with Gasteiger partial charge in [0.05, 0.1) is 6.20 Å². The smallest absolute Gasteiger partial charge is 0.0537 e. The van der Waals surface area contributed by atoms with Gasteiger partial charge in [-0.1, -0.05) is 6.92 Å². The molecule has 3 nitrogen and oxygen atoms in total. The third kappa shape index (κ3) is 2.90. The highest BCUT2D eigenvalue weighted by Gasteiger charge is 2.09. The molecule has 0 amide bonds.